The van der Waals surface area contributed by atoms with Gasteiger partial charge < -0.3 is 4.98 Å². The van der Waals surface area contributed by atoms with Crippen molar-refractivity contribution in [3.05, 3.63) is 34.4 Å². The minimum absolute atomic E-state index is 0.104. The minimum atomic E-state index is -0.104. The van der Waals surface area contributed by atoms with Crippen molar-refractivity contribution in [2.24, 2.45) is 0 Å². The molecule has 96 valence electrons. The maximum absolute atomic E-state index is 11.6. The molecule has 0 amide bonds. The van der Waals surface area contributed by atoms with Gasteiger partial charge in [0.2, 0.25) is 0 Å². The SMILES string of the molecule is CCCc1cc(=O)[nH]c(-c2ccnn2CCC)n1. The van der Waals surface area contributed by atoms with E-state index < -0.39 is 0 Å². The van der Waals surface area contributed by atoms with Crippen LogP contribution in [0.1, 0.15) is 32.4 Å². The van der Waals surface area contributed by atoms with Crippen molar-refractivity contribution in [2.75, 3.05) is 0 Å². The van der Waals surface area contributed by atoms with Crippen molar-refractivity contribution in [3.8, 4) is 11.5 Å². The number of nitrogens with one attached hydrogen (secondary N) is 1. The number of hydrogen-bond donors (Lipinski definition) is 1. The summed E-state index contributed by atoms with van der Waals surface area (Å²) in [6.07, 6.45) is 4.52. The van der Waals surface area contributed by atoms with E-state index in [1.165, 1.54) is 0 Å². The normalized spacial score (nSPS) is 10.8. The molecule has 0 unspecified atom stereocenters. The topological polar surface area (TPSA) is 63.6 Å². The molecule has 0 spiro atoms. The third kappa shape index (κ3) is 2.67. The van der Waals surface area contributed by atoms with Gasteiger partial charge in [-0.2, -0.15) is 5.10 Å². The average molecular weight is 246 g/mol. The number of hydrogen-bond acceptors (Lipinski definition) is 3. The lowest BCUT2D eigenvalue weighted by atomic mass is 10.2. The van der Waals surface area contributed by atoms with Crippen LogP contribution in [0.2, 0.25) is 0 Å². The molecule has 18 heavy (non-hydrogen) atoms. The summed E-state index contributed by atoms with van der Waals surface area (Å²) in [6, 6.07) is 3.44. The van der Waals surface area contributed by atoms with Crippen LogP contribution >= 0.6 is 0 Å². The maximum atomic E-state index is 11.6. The van der Waals surface area contributed by atoms with Crippen LogP contribution in [0.5, 0.6) is 0 Å². The van der Waals surface area contributed by atoms with Gasteiger partial charge >= 0.3 is 0 Å². The number of rotatable bonds is 5. The molecule has 5 heteroatoms. The fourth-order valence-electron chi connectivity index (χ4n) is 1.94. The van der Waals surface area contributed by atoms with Crippen LogP contribution in [0.4, 0.5) is 0 Å². The molecule has 2 heterocycles. The summed E-state index contributed by atoms with van der Waals surface area (Å²) in [4.78, 5) is 18.9. The highest BCUT2D eigenvalue weighted by Crippen LogP contribution is 2.13. The highest BCUT2D eigenvalue weighted by molar-refractivity contribution is 5.48. The van der Waals surface area contributed by atoms with E-state index >= 15 is 0 Å². The van der Waals surface area contributed by atoms with Crippen molar-refractivity contribution < 1.29 is 0 Å². The monoisotopic (exact) mass is 246 g/mol. The summed E-state index contributed by atoms with van der Waals surface area (Å²) in [6.45, 7) is 4.99. The zero-order valence-corrected chi connectivity index (χ0v) is 10.8. The molecule has 1 N–H and O–H groups in total. The molecule has 0 aromatic carbocycles. The predicted molar refractivity (Wildman–Crippen MR) is 70.4 cm³/mol. The Kier molecular flexibility index (Phi) is 3.92. The van der Waals surface area contributed by atoms with Gasteiger partial charge in [-0.15, -0.1) is 0 Å². The van der Waals surface area contributed by atoms with E-state index in [-0.39, 0.29) is 5.56 Å². The van der Waals surface area contributed by atoms with Crippen LogP contribution in [0, 0.1) is 0 Å². The van der Waals surface area contributed by atoms with Gasteiger partial charge in [-0.25, -0.2) is 4.98 Å². The Bertz CT molecular complexity index is 570. The lowest BCUT2D eigenvalue weighted by Gasteiger charge is -2.06. The lowest BCUT2D eigenvalue weighted by Crippen LogP contribution is -2.12. The van der Waals surface area contributed by atoms with Crippen LogP contribution in [-0.4, -0.2) is 19.7 Å². The smallest absolute Gasteiger partial charge is 0.251 e. The van der Waals surface area contributed by atoms with Crippen LogP contribution < -0.4 is 5.56 Å². The van der Waals surface area contributed by atoms with Crippen molar-refractivity contribution in [1.29, 1.82) is 0 Å². The molecule has 0 bridgehead atoms. The molecule has 0 saturated heterocycles. The summed E-state index contributed by atoms with van der Waals surface area (Å²) in [7, 11) is 0. The van der Waals surface area contributed by atoms with Gasteiger partial charge in [0.1, 0.15) is 5.69 Å². The maximum Gasteiger partial charge on any atom is 0.251 e. The van der Waals surface area contributed by atoms with E-state index in [1.54, 1.807) is 12.3 Å². The van der Waals surface area contributed by atoms with Crippen LogP contribution in [-0.2, 0) is 13.0 Å². The van der Waals surface area contributed by atoms with E-state index in [4.69, 9.17) is 0 Å². The quantitative estimate of drug-likeness (QED) is 0.877. The molecule has 2 aromatic rings. The van der Waals surface area contributed by atoms with Gasteiger partial charge in [0.25, 0.3) is 5.56 Å². The standard InChI is InChI=1S/C13H18N4O/c1-3-5-10-9-12(18)16-13(15-10)11-6-7-14-17(11)8-4-2/h6-7,9H,3-5,8H2,1-2H3,(H,15,16,18). The molecule has 0 aliphatic rings. The number of aromatic nitrogens is 4. The summed E-state index contributed by atoms with van der Waals surface area (Å²) < 4.78 is 1.87. The first-order valence-electron chi connectivity index (χ1n) is 6.37. The van der Waals surface area contributed by atoms with Crippen molar-refractivity contribution >= 4 is 0 Å². The molecule has 0 atom stereocenters. The lowest BCUT2D eigenvalue weighted by molar-refractivity contribution is 0.606. The van der Waals surface area contributed by atoms with Gasteiger partial charge in [0.15, 0.2) is 5.82 Å². The summed E-state index contributed by atoms with van der Waals surface area (Å²) >= 11 is 0. The highest BCUT2D eigenvalue weighted by atomic mass is 16.1. The molecule has 2 aromatic heterocycles. The largest absolute Gasteiger partial charge is 0.305 e. The Morgan fingerprint density at radius 1 is 1.33 bits per heavy atom. The second kappa shape index (κ2) is 5.62. The molecule has 0 aliphatic carbocycles. The minimum Gasteiger partial charge on any atom is -0.305 e. The van der Waals surface area contributed by atoms with Crippen molar-refractivity contribution in [1.82, 2.24) is 19.7 Å². The summed E-state index contributed by atoms with van der Waals surface area (Å²) in [5.41, 5.74) is 1.60. The molecule has 0 fully saturated rings. The van der Waals surface area contributed by atoms with Crippen LogP contribution in [0.25, 0.3) is 11.5 Å². The number of aromatic amines is 1. The van der Waals surface area contributed by atoms with Crippen LogP contribution in [0.15, 0.2) is 23.1 Å². The fraction of sp³-hybridized carbons (Fsp3) is 0.462. The van der Waals surface area contributed by atoms with Crippen molar-refractivity contribution in [3.63, 3.8) is 0 Å². The Morgan fingerprint density at radius 2 is 2.17 bits per heavy atom. The molecule has 0 aliphatic heterocycles. The Morgan fingerprint density at radius 3 is 2.89 bits per heavy atom. The molecule has 5 nitrogen and oxygen atoms in total. The molecular formula is C13H18N4O. The number of H-pyrrole nitrogens is 1. The second-order valence-electron chi connectivity index (χ2n) is 4.27. The first-order chi connectivity index (χ1) is 8.74. The van der Waals surface area contributed by atoms with Gasteiger partial charge in [-0.05, 0) is 18.9 Å². The summed E-state index contributed by atoms with van der Waals surface area (Å²) in [5, 5.41) is 4.24. The second-order valence-corrected chi connectivity index (χ2v) is 4.27. The van der Waals surface area contributed by atoms with E-state index in [9.17, 15) is 4.79 Å². The van der Waals surface area contributed by atoms with E-state index in [2.05, 4.69) is 28.9 Å². The van der Waals surface area contributed by atoms with Gasteiger partial charge in [-0.3, -0.25) is 9.48 Å². The fourth-order valence-corrected chi connectivity index (χ4v) is 1.94. The van der Waals surface area contributed by atoms with Gasteiger partial charge in [-0.1, -0.05) is 20.3 Å². The van der Waals surface area contributed by atoms with E-state index in [0.717, 1.165) is 37.2 Å². The molecule has 0 radical (unpaired) electrons. The van der Waals surface area contributed by atoms with Gasteiger partial charge in [0.05, 0.1) is 0 Å². The number of aryl methyl sites for hydroxylation is 2. The first-order valence-corrected chi connectivity index (χ1v) is 6.37. The Balaban J connectivity index is 2.43. The molecular weight excluding hydrogens is 228 g/mol. The Labute approximate surface area is 106 Å². The Hall–Kier alpha value is -1.91. The van der Waals surface area contributed by atoms with Gasteiger partial charge in [0, 0.05) is 24.5 Å². The molecule has 0 saturated carbocycles. The first kappa shape index (κ1) is 12.5. The van der Waals surface area contributed by atoms with E-state index in [0.29, 0.717) is 5.82 Å². The number of nitrogens with zero attached hydrogens (tertiary/aromatic N) is 3. The average Bonchev–Trinajstić information content (AvgIpc) is 2.77. The van der Waals surface area contributed by atoms with Crippen LogP contribution in [0.3, 0.4) is 0 Å². The zero-order chi connectivity index (χ0) is 13.0. The van der Waals surface area contributed by atoms with E-state index in [1.807, 2.05) is 10.7 Å². The zero-order valence-electron chi connectivity index (χ0n) is 10.8. The third-order valence-corrected chi connectivity index (χ3v) is 2.70. The highest BCUT2D eigenvalue weighted by Gasteiger charge is 2.08. The third-order valence-electron chi connectivity index (χ3n) is 2.70. The summed E-state index contributed by atoms with van der Waals surface area (Å²) in [5.74, 6) is 0.608. The molecule has 2 rings (SSSR count). The predicted octanol–water partition coefficient (Wildman–Crippen LogP) is 2.00. The van der Waals surface area contributed by atoms with Crippen molar-refractivity contribution in [2.45, 2.75) is 39.7 Å².